The molecule has 0 atom stereocenters. The summed E-state index contributed by atoms with van der Waals surface area (Å²) in [5, 5.41) is 0. The van der Waals surface area contributed by atoms with Gasteiger partial charge in [-0.25, -0.2) is 4.98 Å². The van der Waals surface area contributed by atoms with Crippen LogP contribution in [0.25, 0.3) is 5.69 Å². The third kappa shape index (κ3) is 1.40. The highest BCUT2D eigenvalue weighted by atomic mass is 16.5. The Kier molecular flexibility index (Phi) is 2.00. The average Bonchev–Trinajstić information content (AvgIpc) is 2.67. The lowest BCUT2D eigenvalue weighted by Crippen LogP contribution is -1.96. The van der Waals surface area contributed by atoms with Gasteiger partial charge in [0.15, 0.2) is 0 Å². The van der Waals surface area contributed by atoms with E-state index in [2.05, 4.69) is 11.1 Å². The molecule has 3 nitrogen and oxygen atoms in total. The number of hydrogen-bond donors (Lipinski definition) is 0. The minimum absolute atomic E-state index is 0.589. The average molecular weight is 173 g/mol. The lowest BCUT2D eigenvalue weighted by Gasteiger charge is -2.04. The molecule has 0 saturated heterocycles. The molecule has 3 heteroatoms. The van der Waals surface area contributed by atoms with Gasteiger partial charge in [0.1, 0.15) is 0 Å². The number of rotatable bonds is 2. The molecule has 2 rings (SSSR count). The third-order valence-corrected chi connectivity index (χ3v) is 1.77. The molecule has 1 aromatic heterocycles. The molecule has 2 aromatic rings. The van der Waals surface area contributed by atoms with Crippen molar-refractivity contribution in [2.24, 2.45) is 0 Å². The van der Waals surface area contributed by atoms with Crippen molar-refractivity contribution >= 4 is 0 Å². The Morgan fingerprint density at radius 1 is 1.38 bits per heavy atom. The summed E-state index contributed by atoms with van der Waals surface area (Å²) in [5.74, 6) is 0. The van der Waals surface area contributed by atoms with E-state index in [9.17, 15) is 0 Å². The van der Waals surface area contributed by atoms with E-state index >= 15 is 0 Å². The maximum absolute atomic E-state index is 5.08. The Morgan fingerprint density at radius 3 is 2.85 bits per heavy atom. The van der Waals surface area contributed by atoms with Crippen LogP contribution < -0.4 is 4.74 Å². The Labute approximate surface area is 76.6 Å². The second-order valence-corrected chi connectivity index (χ2v) is 2.54. The van der Waals surface area contributed by atoms with Gasteiger partial charge >= 0.3 is 6.01 Å². The lowest BCUT2D eigenvalue weighted by molar-refractivity contribution is 0.374. The molecule has 0 amide bonds. The molecule has 0 N–H and O–H groups in total. The van der Waals surface area contributed by atoms with E-state index in [-0.39, 0.29) is 0 Å². The van der Waals surface area contributed by atoms with Crippen LogP contribution in [-0.2, 0) is 0 Å². The molecule has 13 heavy (non-hydrogen) atoms. The first-order valence-electron chi connectivity index (χ1n) is 3.95. The number of benzene rings is 1. The van der Waals surface area contributed by atoms with E-state index in [0.717, 1.165) is 5.69 Å². The van der Waals surface area contributed by atoms with Crippen molar-refractivity contribution in [2.75, 3.05) is 7.11 Å². The highest BCUT2D eigenvalue weighted by molar-refractivity contribution is 5.33. The maximum atomic E-state index is 5.08. The van der Waals surface area contributed by atoms with Crippen LogP contribution in [-0.4, -0.2) is 16.7 Å². The summed E-state index contributed by atoms with van der Waals surface area (Å²) < 4.78 is 6.95. The van der Waals surface area contributed by atoms with E-state index in [1.165, 1.54) is 0 Å². The van der Waals surface area contributed by atoms with Gasteiger partial charge in [0.2, 0.25) is 0 Å². The zero-order chi connectivity index (χ0) is 9.10. The molecule has 1 heterocycles. The zero-order valence-electron chi connectivity index (χ0n) is 7.27. The first-order chi connectivity index (χ1) is 6.42. The number of aromatic nitrogens is 2. The normalized spacial score (nSPS) is 9.92. The Hall–Kier alpha value is -1.77. The van der Waals surface area contributed by atoms with Gasteiger partial charge in [0.25, 0.3) is 0 Å². The number of hydrogen-bond acceptors (Lipinski definition) is 2. The van der Waals surface area contributed by atoms with Gasteiger partial charge in [-0.15, -0.1) is 0 Å². The molecule has 1 radical (unpaired) electrons. The van der Waals surface area contributed by atoms with E-state index in [1.54, 1.807) is 13.3 Å². The van der Waals surface area contributed by atoms with Gasteiger partial charge in [-0.1, -0.05) is 12.1 Å². The standard InChI is InChI=1S/C10H9N2O/c1-13-10-11-7-8-12(10)9-5-3-2-4-6-9/h3-8H,1H3. The van der Waals surface area contributed by atoms with E-state index in [4.69, 9.17) is 4.74 Å². The van der Waals surface area contributed by atoms with Crippen molar-refractivity contribution in [1.29, 1.82) is 0 Å². The molecule has 0 spiro atoms. The van der Waals surface area contributed by atoms with Crippen molar-refractivity contribution in [3.8, 4) is 11.7 Å². The molecule has 0 saturated carbocycles. The second kappa shape index (κ2) is 3.31. The molecule has 0 aliphatic heterocycles. The van der Waals surface area contributed by atoms with Crippen molar-refractivity contribution in [1.82, 2.24) is 9.55 Å². The largest absolute Gasteiger partial charge is 0.468 e. The van der Waals surface area contributed by atoms with Crippen LogP contribution in [0.4, 0.5) is 0 Å². The first-order valence-corrected chi connectivity index (χ1v) is 3.95. The lowest BCUT2D eigenvalue weighted by atomic mass is 10.3. The van der Waals surface area contributed by atoms with Crippen LogP contribution in [0.5, 0.6) is 6.01 Å². The van der Waals surface area contributed by atoms with Crippen molar-refractivity contribution in [3.05, 3.63) is 42.7 Å². The minimum atomic E-state index is 0.589. The van der Waals surface area contributed by atoms with E-state index in [1.807, 2.05) is 35.0 Å². The van der Waals surface area contributed by atoms with Crippen LogP contribution in [0.15, 0.2) is 36.7 Å². The Morgan fingerprint density at radius 2 is 2.15 bits per heavy atom. The summed E-state index contributed by atoms with van der Waals surface area (Å²) in [4.78, 5) is 4.04. The van der Waals surface area contributed by atoms with Crippen LogP contribution in [0, 0.1) is 6.07 Å². The number of methoxy groups -OCH3 is 1. The topological polar surface area (TPSA) is 27.1 Å². The highest BCUT2D eigenvalue weighted by Crippen LogP contribution is 2.14. The van der Waals surface area contributed by atoms with Gasteiger partial charge < -0.3 is 4.74 Å². The zero-order valence-corrected chi connectivity index (χ0v) is 7.27. The van der Waals surface area contributed by atoms with E-state index in [0.29, 0.717) is 6.01 Å². The molecule has 0 aliphatic rings. The van der Waals surface area contributed by atoms with Gasteiger partial charge in [-0.2, -0.15) is 0 Å². The molecular weight excluding hydrogens is 164 g/mol. The first kappa shape index (κ1) is 7.86. The second-order valence-electron chi connectivity index (χ2n) is 2.54. The predicted octanol–water partition coefficient (Wildman–Crippen LogP) is 1.68. The van der Waals surface area contributed by atoms with Crippen molar-refractivity contribution in [2.45, 2.75) is 0 Å². The number of nitrogens with zero attached hydrogens (tertiary/aromatic N) is 2. The number of ether oxygens (including phenoxy) is 1. The molecule has 0 fully saturated rings. The fourth-order valence-electron chi connectivity index (χ4n) is 1.18. The molecule has 0 aliphatic carbocycles. The van der Waals surface area contributed by atoms with Crippen LogP contribution in [0.1, 0.15) is 0 Å². The highest BCUT2D eigenvalue weighted by Gasteiger charge is 2.02. The third-order valence-electron chi connectivity index (χ3n) is 1.77. The predicted molar refractivity (Wildman–Crippen MR) is 49.0 cm³/mol. The fraction of sp³-hybridized carbons (Fsp3) is 0.100. The SMILES string of the molecule is COc1nccn1-c1cc[c]cc1. The Balaban J connectivity index is 2.47. The Bertz CT molecular complexity index is 381. The summed E-state index contributed by atoms with van der Waals surface area (Å²) in [6, 6.07) is 11.2. The smallest absolute Gasteiger partial charge is 0.300 e. The molecular formula is C10H9N2O. The summed E-state index contributed by atoms with van der Waals surface area (Å²) >= 11 is 0. The summed E-state index contributed by atoms with van der Waals surface area (Å²) in [7, 11) is 1.61. The van der Waals surface area contributed by atoms with Gasteiger partial charge in [0, 0.05) is 12.4 Å². The molecule has 1 aromatic carbocycles. The molecule has 65 valence electrons. The molecule has 0 bridgehead atoms. The van der Waals surface area contributed by atoms with Crippen LogP contribution in [0.3, 0.4) is 0 Å². The summed E-state index contributed by atoms with van der Waals surface area (Å²) in [6.45, 7) is 0. The van der Waals surface area contributed by atoms with Gasteiger partial charge in [-0.3, -0.25) is 4.57 Å². The van der Waals surface area contributed by atoms with Crippen molar-refractivity contribution < 1.29 is 4.74 Å². The summed E-state index contributed by atoms with van der Waals surface area (Å²) in [5.41, 5.74) is 1.02. The molecule has 0 unspecified atom stereocenters. The van der Waals surface area contributed by atoms with Gasteiger partial charge in [-0.05, 0) is 18.2 Å². The fourth-order valence-corrected chi connectivity index (χ4v) is 1.18. The maximum Gasteiger partial charge on any atom is 0.300 e. The number of imidazole rings is 1. The van der Waals surface area contributed by atoms with Crippen molar-refractivity contribution in [3.63, 3.8) is 0 Å². The van der Waals surface area contributed by atoms with Gasteiger partial charge in [0.05, 0.1) is 12.8 Å². The minimum Gasteiger partial charge on any atom is -0.468 e. The van der Waals surface area contributed by atoms with E-state index < -0.39 is 0 Å². The summed E-state index contributed by atoms with van der Waals surface area (Å²) in [6.07, 6.45) is 3.56. The van der Waals surface area contributed by atoms with Crippen LogP contribution in [0.2, 0.25) is 0 Å². The monoisotopic (exact) mass is 173 g/mol. The quantitative estimate of drug-likeness (QED) is 0.690. The van der Waals surface area contributed by atoms with Crippen LogP contribution >= 0.6 is 0 Å².